The van der Waals surface area contributed by atoms with Crippen molar-refractivity contribution >= 4 is 17.6 Å². The highest BCUT2D eigenvalue weighted by atomic mass is 16.5. The van der Waals surface area contributed by atoms with Crippen molar-refractivity contribution in [3.63, 3.8) is 0 Å². The van der Waals surface area contributed by atoms with Gasteiger partial charge in [-0.25, -0.2) is 9.97 Å². The third-order valence-electron chi connectivity index (χ3n) is 2.51. The molecule has 1 fully saturated rings. The summed E-state index contributed by atoms with van der Waals surface area (Å²) in [4.78, 5) is 32.7. The molecular weight excluding hydrogens is 236 g/mol. The molecule has 1 aromatic rings. The second-order valence-electron chi connectivity index (χ2n) is 3.93. The van der Waals surface area contributed by atoms with Gasteiger partial charge >= 0.3 is 0 Å². The number of hydrogen-bond acceptors (Lipinski definition) is 6. The summed E-state index contributed by atoms with van der Waals surface area (Å²) in [7, 11) is 1.75. The van der Waals surface area contributed by atoms with Gasteiger partial charge in [-0.05, 0) is 6.92 Å². The maximum atomic E-state index is 11.6. The fourth-order valence-electron chi connectivity index (χ4n) is 1.67. The van der Waals surface area contributed by atoms with E-state index in [9.17, 15) is 9.59 Å². The van der Waals surface area contributed by atoms with Crippen LogP contribution in [0.1, 0.15) is 11.5 Å². The maximum Gasteiger partial charge on any atom is 0.255 e. The molecule has 2 rings (SSSR count). The van der Waals surface area contributed by atoms with Crippen LogP contribution in [-0.2, 0) is 20.9 Å². The first-order chi connectivity index (χ1) is 8.60. The predicted molar refractivity (Wildman–Crippen MR) is 62.7 cm³/mol. The van der Waals surface area contributed by atoms with Crippen LogP contribution in [0.3, 0.4) is 0 Å². The van der Waals surface area contributed by atoms with Gasteiger partial charge in [0.2, 0.25) is 0 Å². The second-order valence-corrected chi connectivity index (χ2v) is 3.93. The lowest BCUT2D eigenvalue weighted by Crippen LogP contribution is -2.45. The van der Waals surface area contributed by atoms with Gasteiger partial charge in [0.05, 0.1) is 6.54 Å². The molecule has 96 valence electrons. The summed E-state index contributed by atoms with van der Waals surface area (Å²) in [6.45, 7) is 1.76. The first kappa shape index (κ1) is 12.4. The monoisotopic (exact) mass is 250 g/mol. The first-order valence-electron chi connectivity index (χ1n) is 5.53. The van der Waals surface area contributed by atoms with E-state index in [4.69, 9.17) is 4.74 Å². The van der Waals surface area contributed by atoms with E-state index < -0.39 is 0 Å². The molecule has 1 N–H and O–H groups in total. The number of rotatable bonds is 3. The van der Waals surface area contributed by atoms with Crippen LogP contribution < -0.4 is 5.32 Å². The number of nitrogens with zero attached hydrogens (tertiary/aromatic N) is 3. The highest BCUT2D eigenvalue weighted by molar-refractivity contribution is 5.98. The van der Waals surface area contributed by atoms with Gasteiger partial charge in [0.1, 0.15) is 19.0 Å². The number of amides is 2. The molecule has 1 saturated heterocycles. The molecule has 0 radical (unpaired) electrons. The van der Waals surface area contributed by atoms with E-state index in [1.807, 2.05) is 6.92 Å². The molecule has 7 nitrogen and oxygen atoms in total. The minimum Gasteiger partial charge on any atom is -0.373 e. The summed E-state index contributed by atoms with van der Waals surface area (Å²) in [5.74, 6) is 0.373. The lowest BCUT2D eigenvalue weighted by atomic mass is 10.3. The van der Waals surface area contributed by atoms with Crippen LogP contribution in [0.25, 0.3) is 0 Å². The lowest BCUT2D eigenvalue weighted by molar-refractivity contribution is -0.159. The van der Waals surface area contributed by atoms with Crippen LogP contribution in [0.15, 0.2) is 6.07 Å². The van der Waals surface area contributed by atoms with Crippen molar-refractivity contribution in [3.8, 4) is 0 Å². The molecule has 0 atom stereocenters. The number of carbonyl (C=O) groups excluding carboxylic acids is 2. The Morgan fingerprint density at radius 1 is 1.33 bits per heavy atom. The Labute approximate surface area is 104 Å². The average molecular weight is 250 g/mol. The van der Waals surface area contributed by atoms with Gasteiger partial charge in [0.15, 0.2) is 5.82 Å². The number of aromatic nitrogens is 2. The molecule has 0 unspecified atom stereocenters. The number of hydrogen-bond donors (Lipinski definition) is 1. The first-order valence-corrected chi connectivity index (χ1v) is 5.53. The third-order valence-corrected chi connectivity index (χ3v) is 2.51. The molecule has 2 amide bonds. The molecule has 0 aromatic carbocycles. The highest BCUT2D eigenvalue weighted by Crippen LogP contribution is 2.09. The average Bonchev–Trinajstić information content (AvgIpc) is 2.33. The number of imide groups is 1. The summed E-state index contributed by atoms with van der Waals surface area (Å²) in [6, 6.07) is 1.78. The Kier molecular flexibility index (Phi) is 3.52. The molecule has 0 saturated carbocycles. The van der Waals surface area contributed by atoms with E-state index in [-0.39, 0.29) is 31.6 Å². The van der Waals surface area contributed by atoms with Crippen molar-refractivity contribution in [1.82, 2.24) is 14.9 Å². The third kappa shape index (κ3) is 2.62. The predicted octanol–water partition coefficient (Wildman–Crippen LogP) is -0.288. The minimum absolute atomic E-state index is 0.0730. The van der Waals surface area contributed by atoms with Crippen LogP contribution in [0.5, 0.6) is 0 Å². The van der Waals surface area contributed by atoms with E-state index in [1.54, 1.807) is 13.1 Å². The Morgan fingerprint density at radius 3 is 2.61 bits per heavy atom. The van der Waals surface area contributed by atoms with Crippen LogP contribution in [0.4, 0.5) is 5.82 Å². The quantitative estimate of drug-likeness (QED) is 0.742. The Bertz CT molecular complexity index is 473. The zero-order valence-electron chi connectivity index (χ0n) is 10.3. The number of aryl methyl sites for hydroxylation is 1. The second kappa shape index (κ2) is 5.09. The van der Waals surface area contributed by atoms with E-state index in [0.29, 0.717) is 11.6 Å². The van der Waals surface area contributed by atoms with E-state index in [2.05, 4.69) is 15.3 Å². The van der Waals surface area contributed by atoms with Gasteiger partial charge in [-0.1, -0.05) is 0 Å². The largest absolute Gasteiger partial charge is 0.373 e. The molecule has 1 aliphatic heterocycles. The number of anilines is 1. The topological polar surface area (TPSA) is 84.4 Å². The summed E-state index contributed by atoms with van der Waals surface area (Å²) in [5, 5.41) is 2.90. The lowest BCUT2D eigenvalue weighted by Gasteiger charge is -2.24. The maximum absolute atomic E-state index is 11.6. The van der Waals surface area contributed by atoms with E-state index in [1.165, 1.54) is 0 Å². The van der Waals surface area contributed by atoms with Gasteiger partial charge in [0.25, 0.3) is 11.8 Å². The van der Waals surface area contributed by atoms with Crippen LogP contribution >= 0.6 is 0 Å². The summed E-state index contributed by atoms with van der Waals surface area (Å²) in [6.07, 6.45) is 0. The normalized spacial score (nSPS) is 16.0. The number of nitrogens with one attached hydrogen (secondary N) is 1. The van der Waals surface area contributed by atoms with Gasteiger partial charge in [-0.3, -0.25) is 14.5 Å². The molecule has 7 heteroatoms. The SMILES string of the molecule is CNc1cc(C)nc(CN2C(=O)COCC2=O)n1. The molecule has 2 heterocycles. The minimum atomic E-state index is -0.359. The molecule has 1 aromatic heterocycles. The molecule has 0 bridgehead atoms. The van der Waals surface area contributed by atoms with Gasteiger partial charge in [-0.15, -0.1) is 0 Å². The van der Waals surface area contributed by atoms with Gasteiger partial charge in [-0.2, -0.15) is 0 Å². The van der Waals surface area contributed by atoms with Crippen molar-refractivity contribution in [2.45, 2.75) is 13.5 Å². The van der Waals surface area contributed by atoms with Crippen molar-refractivity contribution in [3.05, 3.63) is 17.6 Å². The zero-order valence-corrected chi connectivity index (χ0v) is 10.3. The summed E-state index contributed by atoms with van der Waals surface area (Å²) >= 11 is 0. The van der Waals surface area contributed by atoms with E-state index in [0.717, 1.165) is 10.6 Å². The summed E-state index contributed by atoms with van der Waals surface area (Å²) in [5.41, 5.74) is 0.775. The van der Waals surface area contributed by atoms with Crippen molar-refractivity contribution in [1.29, 1.82) is 0 Å². The zero-order chi connectivity index (χ0) is 13.1. The van der Waals surface area contributed by atoms with Crippen LogP contribution in [0.2, 0.25) is 0 Å². The van der Waals surface area contributed by atoms with Gasteiger partial charge < -0.3 is 10.1 Å². The molecule has 0 spiro atoms. The summed E-state index contributed by atoms with van der Waals surface area (Å²) < 4.78 is 4.84. The van der Waals surface area contributed by atoms with Crippen LogP contribution in [-0.4, -0.2) is 46.9 Å². The molecule has 0 aliphatic carbocycles. The van der Waals surface area contributed by atoms with E-state index >= 15 is 0 Å². The van der Waals surface area contributed by atoms with Crippen LogP contribution in [0, 0.1) is 6.92 Å². The number of morpholine rings is 1. The fraction of sp³-hybridized carbons (Fsp3) is 0.455. The highest BCUT2D eigenvalue weighted by Gasteiger charge is 2.27. The Morgan fingerprint density at radius 2 is 2.00 bits per heavy atom. The van der Waals surface area contributed by atoms with Crippen molar-refractivity contribution in [2.24, 2.45) is 0 Å². The van der Waals surface area contributed by atoms with Crippen molar-refractivity contribution in [2.75, 3.05) is 25.6 Å². The number of ether oxygens (including phenoxy) is 1. The standard InChI is InChI=1S/C11H14N4O3/c1-7-3-8(12-2)14-9(13-7)4-15-10(16)5-18-6-11(15)17/h3H,4-6H2,1-2H3,(H,12,13,14). The Balaban J connectivity index is 2.19. The fourth-order valence-corrected chi connectivity index (χ4v) is 1.67. The van der Waals surface area contributed by atoms with Gasteiger partial charge in [0, 0.05) is 18.8 Å². The smallest absolute Gasteiger partial charge is 0.255 e. The molecular formula is C11H14N4O3. The molecule has 18 heavy (non-hydrogen) atoms. The number of carbonyl (C=O) groups is 2. The Hall–Kier alpha value is -2.02. The molecule has 1 aliphatic rings. The van der Waals surface area contributed by atoms with Crippen molar-refractivity contribution < 1.29 is 14.3 Å².